The van der Waals surface area contributed by atoms with Crippen molar-refractivity contribution < 1.29 is 18.3 Å². The summed E-state index contributed by atoms with van der Waals surface area (Å²) >= 11 is 0. The Morgan fingerprint density at radius 2 is 1.74 bits per heavy atom. The average Bonchev–Trinajstić information content (AvgIpc) is 3.27. The summed E-state index contributed by atoms with van der Waals surface area (Å²) in [6, 6.07) is 8.32. The van der Waals surface area contributed by atoms with Gasteiger partial charge in [-0.05, 0) is 73.4 Å². The Morgan fingerprint density at radius 1 is 1.06 bits per heavy atom. The van der Waals surface area contributed by atoms with Gasteiger partial charge in [-0.25, -0.2) is 4.31 Å². The molecule has 0 radical (unpaired) electrons. The molecular formula is C27H32N2O4S. The quantitative estimate of drug-likeness (QED) is 0.690. The highest BCUT2D eigenvalue weighted by Crippen LogP contribution is 2.65. The molecule has 2 aliphatic heterocycles. The zero-order valence-electron chi connectivity index (χ0n) is 20.1. The van der Waals surface area contributed by atoms with Crippen molar-refractivity contribution in [2.75, 3.05) is 4.31 Å². The van der Waals surface area contributed by atoms with Crippen LogP contribution in [0.4, 0.5) is 5.69 Å². The van der Waals surface area contributed by atoms with Gasteiger partial charge in [0.1, 0.15) is 0 Å². The number of hydrogen-bond donors (Lipinski definition) is 1. The van der Waals surface area contributed by atoms with Crippen LogP contribution in [0.15, 0.2) is 24.3 Å². The predicted octanol–water partition coefficient (Wildman–Crippen LogP) is 4.67. The molecule has 1 saturated heterocycles. The molecule has 1 N–H and O–H groups in total. The molecule has 0 amide bonds. The topological polar surface area (TPSA) is 77.9 Å². The largest absolute Gasteiger partial charge is 0.481 e. The van der Waals surface area contributed by atoms with Gasteiger partial charge >= 0.3 is 16.2 Å². The van der Waals surface area contributed by atoms with E-state index in [0.29, 0.717) is 6.42 Å². The fourth-order valence-corrected chi connectivity index (χ4v) is 9.64. The molecule has 2 aromatic rings. The van der Waals surface area contributed by atoms with Crippen molar-refractivity contribution in [3.63, 3.8) is 0 Å². The first-order valence-corrected chi connectivity index (χ1v) is 13.8. The molecule has 4 aliphatic rings. The van der Waals surface area contributed by atoms with Gasteiger partial charge in [0.15, 0.2) is 0 Å². The van der Waals surface area contributed by atoms with Gasteiger partial charge in [0.25, 0.3) is 0 Å². The lowest BCUT2D eigenvalue weighted by Crippen LogP contribution is -2.45. The van der Waals surface area contributed by atoms with Crippen molar-refractivity contribution >= 4 is 21.9 Å². The number of aliphatic carboxylic acids is 1. The molecule has 2 atom stereocenters. The number of anilines is 1. The molecule has 0 bridgehead atoms. The summed E-state index contributed by atoms with van der Waals surface area (Å²) in [7, 11) is -3.63. The maximum atomic E-state index is 14.0. The van der Waals surface area contributed by atoms with Crippen LogP contribution in [0.2, 0.25) is 0 Å². The molecule has 3 fully saturated rings. The molecule has 1 spiro atoms. The van der Waals surface area contributed by atoms with Gasteiger partial charge in [0.2, 0.25) is 0 Å². The van der Waals surface area contributed by atoms with Gasteiger partial charge in [-0.2, -0.15) is 12.7 Å². The van der Waals surface area contributed by atoms with E-state index in [-0.39, 0.29) is 24.0 Å². The van der Waals surface area contributed by atoms with E-state index in [1.807, 2.05) is 49.3 Å². The molecule has 34 heavy (non-hydrogen) atoms. The van der Waals surface area contributed by atoms with Crippen LogP contribution in [0.5, 0.6) is 0 Å². The predicted molar refractivity (Wildman–Crippen MR) is 132 cm³/mol. The Hall–Kier alpha value is -2.38. The lowest BCUT2D eigenvalue weighted by atomic mass is 9.85. The minimum atomic E-state index is -3.63. The first kappa shape index (κ1) is 22.1. The van der Waals surface area contributed by atoms with Crippen molar-refractivity contribution in [2.45, 2.75) is 89.8 Å². The van der Waals surface area contributed by atoms with Gasteiger partial charge in [-0.3, -0.25) is 4.79 Å². The highest BCUT2D eigenvalue weighted by Gasteiger charge is 2.76. The van der Waals surface area contributed by atoms with E-state index in [2.05, 4.69) is 0 Å². The minimum Gasteiger partial charge on any atom is -0.481 e. The van der Waals surface area contributed by atoms with Crippen LogP contribution >= 0.6 is 0 Å². The minimum absolute atomic E-state index is 0.0394. The number of benzene rings is 2. The van der Waals surface area contributed by atoms with E-state index < -0.39 is 16.2 Å². The number of carboxylic acids is 1. The van der Waals surface area contributed by atoms with Gasteiger partial charge in [0.05, 0.1) is 23.7 Å². The van der Waals surface area contributed by atoms with Gasteiger partial charge < -0.3 is 5.11 Å². The standard InChI is InChI=1S/C27H32N2O4S/c1-16-9-11-19(12-10-16)25-17(2)22-14-27-15-23(27)28(20-7-5-4-6-8-20)34(32,33)29(27)26(22)18(3)21(25)13-24(30)31/h9-12,20,23H,4-8,13-15H2,1-3H3,(H,30,31). The maximum Gasteiger partial charge on any atom is 0.307 e. The monoisotopic (exact) mass is 480 g/mol. The van der Waals surface area contributed by atoms with Crippen LogP contribution in [-0.4, -0.2) is 41.4 Å². The number of aryl methyl sites for hydroxylation is 1. The smallest absolute Gasteiger partial charge is 0.307 e. The van der Waals surface area contributed by atoms with Crippen LogP contribution in [0.25, 0.3) is 11.1 Å². The van der Waals surface area contributed by atoms with Crippen molar-refractivity contribution in [3.8, 4) is 11.1 Å². The fraction of sp³-hybridized carbons (Fsp3) is 0.519. The highest BCUT2D eigenvalue weighted by molar-refractivity contribution is 7.91. The summed E-state index contributed by atoms with van der Waals surface area (Å²) in [5.41, 5.74) is 7.09. The van der Waals surface area contributed by atoms with E-state index in [1.165, 1.54) is 6.42 Å². The second-order valence-corrected chi connectivity index (χ2v) is 12.4. The average molecular weight is 481 g/mol. The molecule has 180 valence electrons. The molecule has 2 aliphatic carbocycles. The van der Waals surface area contributed by atoms with Crippen molar-refractivity contribution in [1.82, 2.24) is 4.31 Å². The Kier molecular flexibility index (Phi) is 4.75. The summed E-state index contributed by atoms with van der Waals surface area (Å²) < 4.78 is 31.6. The maximum absolute atomic E-state index is 14.0. The fourth-order valence-electron chi connectivity index (χ4n) is 7.08. The summed E-state index contributed by atoms with van der Waals surface area (Å²) in [4.78, 5) is 11.9. The Labute approximate surface area is 201 Å². The number of rotatable bonds is 4. The highest BCUT2D eigenvalue weighted by atomic mass is 32.2. The van der Waals surface area contributed by atoms with Crippen molar-refractivity contribution in [2.24, 2.45) is 0 Å². The molecule has 2 unspecified atom stereocenters. The Balaban J connectivity index is 1.53. The first-order chi connectivity index (χ1) is 16.2. The van der Waals surface area contributed by atoms with E-state index in [0.717, 1.165) is 76.7 Å². The number of carboxylic acid groups (broad SMARTS) is 1. The van der Waals surface area contributed by atoms with E-state index in [9.17, 15) is 18.3 Å². The Morgan fingerprint density at radius 3 is 2.38 bits per heavy atom. The van der Waals surface area contributed by atoms with Gasteiger partial charge in [0, 0.05) is 12.5 Å². The first-order valence-electron chi connectivity index (χ1n) is 12.4. The number of hydrogen-bond acceptors (Lipinski definition) is 3. The second kappa shape index (κ2) is 7.31. The summed E-state index contributed by atoms with van der Waals surface area (Å²) in [6.45, 7) is 6.00. The third-order valence-electron chi connectivity index (χ3n) is 8.73. The lowest BCUT2D eigenvalue weighted by molar-refractivity contribution is -0.136. The zero-order valence-corrected chi connectivity index (χ0v) is 20.9. The molecule has 2 saturated carbocycles. The van der Waals surface area contributed by atoms with E-state index in [4.69, 9.17) is 0 Å². The summed E-state index contributed by atoms with van der Waals surface area (Å²) in [6.07, 6.45) is 6.72. The van der Waals surface area contributed by atoms with E-state index >= 15 is 0 Å². The van der Waals surface area contributed by atoms with Crippen molar-refractivity contribution in [3.05, 3.63) is 52.1 Å². The van der Waals surface area contributed by atoms with Crippen LogP contribution in [0.1, 0.15) is 66.3 Å². The normalized spacial score (nSPS) is 27.4. The van der Waals surface area contributed by atoms with Gasteiger partial charge in [-0.1, -0.05) is 49.1 Å². The summed E-state index contributed by atoms with van der Waals surface area (Å²) in [5, 5.41) is 9.77. The van der Waals surface area contributed by atoms with Gasteiger partial charge in [-0.15, -0.1) is 0 Å². The van der Waals surface area contributed by atoms with Crippen LogP contribution < -0.4 is 4.31 Å². The molecule has 6 nitrogen and oxygen atoms in total. The zero-order chi connectivity index (χ0) is 24.0. The molecule has 7 heteroatoms. The summed E-state index contributed by atoms with van der Waals surface area (Å²) in [5.74, 6) is -0.902. The third kappa shape index (κ3) is 2.89. The SMILES string of the molecule is Cc1ccc(-c2c(C)c3c(c(C)c2CC(=O)O)N2C4(C3)CC4N(C3CCCCC3)S2(=O)=O)cc1. The Bertz CT molecular complexity index is 1310. The number of nitrogens with zero attached hydrogens (tertiary/aromatic N) is 2. The molecule has 2 heterocycles. The van der Waals surface area contributed by atoms with Crippen molar-refractivity contribution in [1.29, 1.82) is 0 Å². The second-order valence-electron chi connectivity index (χ2n) is 10.8. The third-order valence-corrected chi connectivity index (χ3v) is 10.8. The number of fused-ring (bicyclic) bond motifs is 2. The molecule has 0 aromatic heterocycles. The lowest BCUT2D eigenvalue weighted by Gasteiger charge is -2.33. The molecular weight excluding hydrogens is 448 g/mol. The number of carbonyl (C=O) groups is 1. The van der Waals surface area contributed by atoms with Crippen LogP contribution in [-0.2, 0) is 27.8 Å². The molecule has 6 rings (SSSR count). The van der Waals surface area contributed by atoms with E-state index in [1.54, 1.807) is 4.31 Å². The molecule has 2 aromatic carbocycles. The van der Waals surface area contributed by atoms with Crippen LogP contribution in [0, 0.1) is 20.8 Å². The van der Waals surface area contributed by atoms with Crippen LogP contribution in [0.3, 0.4) is 0 Å².